The third kappa shape index (κ3) is 5.82. The maximum Gasteiger partial charge on any atom is 0.373 e. The number of allylic oxidation sites excluding steroid dienone is 1. The Balaban J connectivity index is 6.90. The largest absolute Gasteiger partial charge is 0.397 e. The lowest BCUT2D eigenvalue weighted by atomic mass is 10.7. The van der Waals surface area contributed by atoms with Gasteiger partial charge in [0, 0.05) is 56.9 Å². The summed E-state index contributed by atoms with van der Waals surface area (Å²) in [6.45, 7) is 7.83. The lowest BCUT2D eigenvalue weighted by Crippen LogP contribution is -2.56. The molecule has 0 spiro atoms. The molecule has 0 saturated carbocycles. The average molecular weight is 471 g/mol. The summed E-state index contributed by atoms with van der Waals surface area (Å²) < 4.78 is 46.4. The molecule has 8 nitrogen and oxygen atoms in total. The Labute approximate surface area is 174 Å². The van der Waals surface area contributed by atoms with Gasteiger partial charge in [0.2, 0.25) is 0 Å². The highest BCUT2D eigenvalue weighted by Gasteiger charge is 2.54. The van der Waals surface area contributed by atoms with Gasteiger partial charge in [-0.15, -0.1) is 5.73 Å². The van der Waals surface area contributed by atoms with Crippen LogP contribution in [0.2, 0.25) is 31.4 Å². The molecular formula is C16H38O8Si4. The molecule has 0 atom stereocenters. The zero-order chi connectivity index (χ0) is 22.2. The molecule has 0 fully saturated rings. The molecule has 12 heteroatoms. The fourth-order valence-corrected chi connectivity index (χ4v) is 16.6. The highest BCUT2D eigenvalue weighted by atomic mass is 28.4. The second-order valence-corrected chi connectivity index (χ2v) is 21.2. The van der Waals surface area contributed by atoms with E-state index in [1.165, 1.54) is 0 Å². The Bertz CT molecular complexity index is 499. The van der Waals surface area contributed by atoms with Crippen molar-refractivity contribution in [1.29, 1.82) is 0 Å². The minimum atomic E-state index is -2.78. The Morgan fingerprint density at radius 2 is 0.857 bits per heavy atom. The van der Waals surface area contributed by atoms with Crippen molar-refractivity contribution >= 4 is 34.2 Å². The van der Waals surface area contributed by atoms with Gasteiger partial charge in [-0.25, -0.2) is 0 Å². The standard InChI is InChI=1S/C16H38O8Si4/c1-17-25(9,18-2)15(26(10,19-3)20-4)13-14-16(27(11,21-5)22-6)28(12,23-7)24-8/h13,15H,1-12H3. The lowest BCUT2D eigenvalue weighted by Gasteiger charge is -2.38. The van der Waals surface area contributed by atoms with E-state index in [1.807, 2.05) is 32.3 Å². The first-order valence-corrected chi connectivity index (χ1v) is 18.3. The Morgan fingerprint density at radius 1 is 0.571 bits per heavy atom. The van der Waals surface area contributed by atoms with Gasteiger partial charge in [0.15, 0.2) is 0 Å². The molecule has 0 radical (unpaired) electrons. The molecule has 0 bridgehead atoms. The highest BCUT2D eigenvalue weighted by Crippen LogP contribution is 2.36. The van der Waals surface area contributed by atoms with Crippen LogP contribution in [0.1, 0.15) is 0 Å². The molecule has 0 aliphatic carbocycles. The molecule has 0 heterocycles. The SMILES string of the molecule is CO[Si](C)(OC)C(=C=CC([Si](C)(OC)OC)[Si](C)(OC)OC)[Si](C)(OC)OC. The van der Waals surface area contributed by atoms with Crippen LogP contribution in [0, 0.1) is 0 Å². The summed E-state index contributed by atoms with van der Waals surface area (Å²) >= 11 is 0. The van der Waals surface area contributed by atoms with Gasteiger partial charge >= 0.3 is 34.2 Å². The minimum Gasteiger partial charge on any atom is -0.397 e. The lowest BCUT2D eigenvalue weighted by molar-refractivity contribution is 0.217. The molecule has 166 valence electrons. The Hall–Kier alpha value is 0.0675. The quantitative estimate of drug-likeness (QED) is 0.300. The summed E-state index contributed by atoms with van der Waals surface area (Å²) in [5.41, 5.74) is 3.42. The fraction of sp³-hybridized carbons (Fsp3) is 0.812. The van der Waals surface area contributed by atoms with E-state index in [2.05, 4.69) is 5.73 Å². The van der Waals surface area contributed by atoms with Gasteiger partial charge in [-0.1, -0.05) is 0 Å². The first-order valence-electron chi connectivity index (χ1n) is 8.85. The average Bonchev–Trinajstić information content (AvgIpc) is 2.74. The van der Waals surface area contributed by atoms with E-state index in [4.69, 9.17) is 35.4 Å². The first kappa shape index (κ1) is 28.1. The maximum absolute atomic E-state index is 5.82. The van der Waals surface area contributed by atoms with Gasteiger partial charge in [0.1, 0.15) is 0 Å². The summed E-state index contributed by atoms with van der Waals surface area (Å²) in [5, 5.41) is -0.223. The summed E-state index contributed by atoms with van der Waals surface area (Å²) in [6.07, 6.45) is 1.92. The normalized spacial score (nSPS) is 13.6. The van der Waals surface area contributed by atoms with Gasteiger partial charge in [0.05, 0.1) is 9.98 Å². The van der Waals surface area contributed by atoms with Crippen molar-refractivity contribution in [2.24, 2.45) is 0 Å². The van der Waals surface area contributed by atoms with E-state index < -0.39 is 34.2 Å². The maximum atomic E-state index is 5.82. The predicted molar refractivity (Wildman–Crippen MR) is 118 cm³/mol. The fourth-order valence-electron chi connectivity index (χ4n) is 2.87. The molecule has 28 heavy (non-hydrogen) atoms. The van der Waals surface area contributed by atoms with Crippen LogP contribution < -0.4 is 0 Å². The van der Waals surface area contributed by atoms with Crippen LogP contribution in [0.5, 0.6) is 0 Å². The van der Waals surface area contributed by atoms with E-state index >= 15 is 0 Å². The van der Waals surface area contributed by atoms with Crippen LogP contribution >= 0.6 is 0 Å². The summed E-state index contributed by atoms with van der Waals surface area (Å²) in [6, 6.07) is 0. The molecule has 0 unspecified atom stereocenters. The van der Waals surface area contributed by atoms with Crippen LogP contribution in [0.25, 0.3) is 0 Å². The number of hydrogen-bond donors (Lipinski definition) is 0. The van der Waals surface area contributed by atoms with E-state index in [0.717, 1.165) is 4.82 Å². The van der Waals surface area contributed by atoms with E-state index in [-0.39, 0.29) is 5.16 Å². The van der Waals surface area contributed by atoms with E-state index in [9.17, 15) is 0 Å². The molecule has 0 aliphatic heterocycles. The number of hydrogen-bond acceptors (Lipinski definition) is 8. The summed E-state index contributed by atoms with van der Waals surface area (Å²) in [7, 11) is 2.17. The number of rotatable bonds is 13. The van der Waals surface area contributed by atoms with Crippen LogP contribution in [0.15, 0.2) is 16.6 Å². The second kappa shape index (κ2) is 11.5. The van der Waals surface area contributed by atoms with Gasteiger partial charge in [0.25, 0.3) is 0 Å². The van der Waals surface area contributed by atoms with Gasteiger partial charge < -0.3 is 35.4 Å². The van der Waals surface area contributed by atoms with Crippen molar-refractivity contribution in [2.75, 3.05) is 56.9 Å². The molecule has 0 saturated heterocycles. The van der Waals surface area contributed by atoms with Gasteiger partial charge in [-0.3, -0.25) is 0 Å². The third-order valence-electron chi connectivity index (χ3n) is 5.61. The Morgan fingerprint density at radius 3 is 1.07 bits per heavy atom. The predicted octanol–water partition coefficient (Wildman–Crippen LogP) is 2.51. The molecular weight excluding hydrogens is 433 g/mol. The van der Waals surface area contributed by atoms with Crippen molar-refractivity contribution in [2.45, 2.75) is 31.4 Å². The molecule has 0 aliphatic rings. The molecule has 0 aromatic carbocycles. The summed E-state index contributed by atoms with van der Waals surface area (Å²) in [4.78, 5) is 0.784. The van der Waals surface area contributed by atoms with Crippen LogP contribution in [-0.2, 0) is 35.4 Å². The first-order chi connectivity index (χ1) is 13.0. The van der Waals surface area contributed by atoms with Gasteiger partial charge in [-0.2, -0.15) is 0 Å². The highest BCUT2D eigenvalue weighted by molar-refractivity contribution is 6.96. The van der Waals surface area contributed by atoms with Crippen LogP contribution in [0.4, 0.5) is 0 Å². The molecule has 0 aromatic heterocycles. The molecule has 0 rings (SSSR count). The van der Waals surface area contributed by atoms with Crippen molar-refractivity contribution in [3.8, 4) is 0 Å². The third-order valence-corrected chi connectivity index (χ3v) is 22.5. The van der Waals surface area contributed by atoms with Crippen molar-refractivity contribution in [3.05, 3.63) is 16.6 Å². The van der Waals surface area contributed by atoms with Gasteiger partial charge in [-0.05, 0) is 32.3 Å². The topological polar surface area (TPSA) is 73.8 Å². The molecule has 0 aromatic rings. The van der Waals surface area contributed by atoms with Crippen molar-refractivity contribution < 1.29 is 35.4 Å². The zero-order valence-electron chi connectivity index (χ0n) is 19.4. The Kier molecular flexibility index (Phi) is 11.5. The second-order valence-electron chi connectivity index (χ2n) is 6.72. The molecule has 0 amide bonds. The van der Waals surface area contributed by atoms with E-state index in [0.29, 0.717) is 0 Å². The van der Waals surface area contributed by atoms with Crippen LogP contribution in [0.3, 0.4) is 0 Å². The smallest absolute Gasteiger partial charge is 0.373 e. The van der Waals surface area contributed by atoms with Crippen molar-refractivity contribution in [1.82, 2.24) is 0 Å². The van der Waals surface area contributed by atoms with E-state index in [1.54, 1.807) is 56.9 Å². The zero-order valence-corrected chi connectivity index (χ0v) is 23.4. The van der Waals surface area contributed by atoms with Crippen molar-refractivity contribution in [3.63, 3.8) is 0 Å². The van der Waals surface area contributed by atoms with Crippen LogP contribution in [-0.4, -0.2) is 91.1 Å². The minimum absolute atomic E-state index is 0.223. The monoisotopic (exact) mass is 470 g/mol. The summed E-state index contributed by atoms with van der Waals surface area (Å²) in [5.74, 6) is 0. The molecule has 0 N–H and O–H groups in total.